The second kappa shape index (κ2) is 9.16. The van der Waals surface area contributed by atoms with Crippen LogP contribution in [-0.4, -0.2) is 26.6 Å². The maximum atomic E-state index is 12.9. The van der Waals surface area contributed by atoms with Crippen LogP contribution < -0.4 is 9.62 Å². The van der Waals surface area contributed by atoms with Crippen LogP contribution in [0.2, 0.25) is 10.0 Å². The van der Waals surface area contributed by atoms with Gasteiger partial charge < -0.3 is 5.32 Å². The third-order valence-corrected chi connectivity index (χ3v) is 6.22. The summed E-state index contributed by atoms with van der Waals surface area (Å²) < 4.78 is 25.9. The van der Waals surface area contributed by atoms with Gasteiger partial charge in [-0.15, -0.1) is 0 Å². The third-order valence-electron chi connectivity index (χ3n) is 4.44. The molecule has 2 rings (SSSR count). The minimum absolute atomic E-state index is 0.169. The van der Waals surface area contributed by atoms with Gasteiger partial charge in [-0.1, -0.05) is 60.0 Å². The molecule has 5 nitrogen and oxygen atoms in total. The lowest BCUT2D eigenvalue weighted by Crippen LogP contribution is -2.48. The van der Waals surface area contributed by atoms with E-state index in [0.717, 1.165) is 21.7 Å². The van der Waals surface area contributed by atoms with Crippen LogP contribution in [0.4, 0.5) is 5.69 Å². The maximum Gasteiger partial charge on any atom is 0.244 e. The van der Waals surface area contributed by atoms with Crippen LogP contribution in [0.1, 0.15) is 37.4 Å². The Morgan fingerprint density at radius 1 is 1.14 bits per heavy atom. The lowest BCUT2D eigenvalue weighted by Gasteiger charge is -2.30. The number of nitrogens with zero attached hydrogens (tertiary/aromatic N) is 1. The number of anilines is 1. The van der Waals surface area contributed by atoms with E-state index in [4.69, 9.17) is 23.2 Å². The molecule has 0 aliphatic heterocycles. The number of hydrogen-bond donors (Lipinski definition) is 1. The lowest BCUT2D eigenvalue weighted by atomic mass is 10.0. The zero-order chi connectivity index (χ0) is 21.1. The highest BCUT2D eigenvalue weighted by molar-refractivity contribution is 7.92. The molecule has 0 saturated carbocycles. The Balaban J connectivity index is 2.33. The van der Waals surface area contributed by atoms with Crippen molar-refractivity contribution < 1.29 is 13.2 Å². The first kappa shape index (κ1) is 22.5. The molecule has 0 bridgehead atoms. The second-order valence-electron chi connectivity index (χ2n) is 6.71. The average Bonchev–Trinajstić information content (AvgIpc) is 2.62. The van der Waals surface area contributed by atoms with Crippen LogP contribution in [0.25, 0.3) is 0 Å². The molecule has 1 N–H and O–H groups in total. The minimum atomic E-state index is -3.78. The Hall–Kier alpha value is -1.76. The quantitative estimate of drug-likeness (QED) is 0.673. The fourth-order valence-electron chi connectivity index (χ4n) is 2.95. The maximum absolute atomic E-state index is 12.9. The molecular formula is C20H24Cl2N2O3S. The van der Waals surface area contributed by atoms with Gasteiger partial charge in [0.05, 0.1) is 23.0 Å². The smallest absolute Gasteiger partial charge is 0.244 e. The molecule has 0 fully saturated rings. The number of hydrogen-bond acceptors (Lipinski definition) is 3. The van der Waals surface area contributed by atoms with Crippen molar-refractivity contribution in [3.63, 3.8) is 0 Å². The Morgan fingerprint density at radius 2 is 1.75 bits per heavy atom. The average molecular weight is 443 g/mol. The van der Waals surface area contributed by atoms with Gasteiger partial charge in [-0.2, -0.15) is 0 Å². The summed E-state index contributed by atoms with van der Waals surface area (Å²) in [5, 5.41) is 3.46. The zero-order valence-electron chi connectivity index (χ0n) is 16.2. The van der Waals surface area contributed by atoms with Crippen molar-refractivity contribution in [3.05, 3.63) is 63.6 Å². The standard InChI is InChI=1S/C20H24Cl2N2O3S/c1-5-18(15-8-6-13(2)7-9-15)23-20(25)14(3)24(28(4,26)27)19-12-16(21)10-11-17(19)22/h6-12,14,18H,5H2,1-4H3,(H,23,25)/t14-,18+/m1/s1. The Kier molecular flexibility index (Phi) is 7.37. The molecule has 0 spiro atoms. The molecule has 0 saturated heterocycles. The number of halogens is 2. The number of sulfonamides is 1. The van der Waals surface area contributed by atoms with Crippen molar-refractivity contribution in [1.29, 1.82) is 0 Å². The van der Waals surface area contributed by atoms with E-state index in [0.29, 0.717) is 11.4 Å². The Labute approximate surface area is 176 Å². The van der Waals surface area contributed by atoms with Crippen molar-refractivity contribution in [2.24, 2.45) is 0 Å². The van der Waals surface area contributed by atoms with E-state index in [1.165, 1.54) is 19.1 Å². The summed E-state index contributed by atoms with van der Waals surface area (Å²) in [5.74, 6) is -0.422. The summed E-state index contributed by atoms with van der Waals surface area (Å²) in [6.45, 7) is 5.47. The normalized spacial score (nSPS) is 13.6. The molecule has 0 heterocycles. The summed E-state index contributed by atoms with van der Waals surface area (Å²) in [6.07, 6.45) is 1.70. The van der Waals surface area contributed by atoms with Crippen LogP contribution in [0, 0.1) is 6.92 Å². The SMILES string of the molecule is CC[C@H](NC(=O)[C@@H](C)N(c1cc(Cl)ccc1Cl)S(C)(=O)=O)c1ccc(C)cc1. The number of amides is 1. The third kappa shape index (κ3) is 5.40. The van der Waals surface area contributed by atoms with Crippen molar-refractivity contribution in [2.45, 2.75) is 39.3 Å². The summed E-state index contributed by atoms with van der Waals surface area (Å²) in [5.41, 5.74) is 2.25. The van der Waals surface area contributed by atoms with Gasteiger partial charge in [0.15, 0.2) is 0 Å². The summed E-state index contributed by atoms with van der Waals surface area (Å²) in [6, 6.07) is 11.1. The summed E-state index contributed by atoms with van der Waals surface area (Å²) in [4.78, 5) is 12.9. The summed E-state index contributed by atoms with van der Waals surface area (Å²) in [7, 11) is -3.78. The highest BCUT2D eigenvalue weighted by Gasteiger charge is 2.31. The minimum Gasteiger partial charge on any atom is -0.347 e. The lowest BCUT2D eigenvalue weighted by molar-refractivity contribution is -0.122. The van der Waals surface area contributed by atoms with E-state index in [2.05, 4.69) is 5.32 Å². The molecular weight excluding hydrogens is 419 g/mol. The number of carbonyl (C=O) groups excluding carboxylic acids is 1. The molecule has 2 atom stereocenters. The van der Waals surface area contributed by atoms with Crippen LogP contribution in [0.5, 0.6) is 0 Å². The molecule has 0 aromatic heterocycles. The number of rotatable bonds is 7. The molecule has 8 heteroatoms. The highest BCUT2D eigenvalue weighted by Crippen LogP contribution is 2.32. The van der Waals surface area contributed by atoms with Gasteiger partial charge in [0, 0.05) is 5.02 Å². The molecule has 2 aromatic carbocycles. The number of carbonyl (C=O) groups is 1. The Morgan fingerprint density at radius 3 is 2.29 bits per heavy atom. The summed E-state index contributed by atoms with van der Waals surface area (Å²) >= 11 is 12.2. The fourth-order valence-corrected chi connectivity index (χ4v) is 4.55. The first-order valence-corrected chi connectivity index (χ1v) is 11.5. The molecule has 1 amide bonds. The van der Waals surface area contributed by atoms with Gasteiger partial charge in [0.2, 0.25) is 15.9 Å². The van der Waals surface area contributed by atoms with Gasteiger partial charge in [-0.3, -0.25) is 9.10 Å². The van der Waals surface area contributed by atoms with Crippen LogP contribution in [0.15, 0.2) is 42.5 Å². The first-order chi connectivity index (χ1) is 13.0. The molecule has 28 heavy (non-hydrogen) atoms. The molecule has 0 unspecified atom stereocenters. The molecule has 0 aliphatic rings. The van der Waals surface area contributed by atoms with E-state index < -0.39 is 22.0 Å². The van der Waals surface area contributed by atoms with E-state index in [-0.39, 0.29) is 16.8 Å². The Bertz CT molecular complexity index is 946. The van der Waals surface area contributed by atoms with Gasteiger partial charge in [-0.25, -0.2) is 8.42 Å². The predicted octanol–water partition coefficient (Wildman–Crippen LogP) is 4.72. The van der Waals surface area contributed by atoms with Crippen LogP contribution >= 0.6 is 23.2 Å². The largest absolute Gasteiger partial charge is 0.347 e. The molecule has 0 radical (unpaired) electrons. The highest BCUT2D eigenvalue weighted by atomic mass is 35.5. The topological polar surface area (TPSA) is 66.5 Å². The van der Waals surface area contributed by atoms with Gasteiger partial charge in [0.25, 0.3) is 0 Å². The van der Waals surface area contributed by atoms with Crippen molar-refractivity contribution >= 4 is 44.8 Å². The van der Waals surface area contributed by atoms with Crippen molar-refractivity contribution in [2.75, 3.05) is 10.6 Å². The fraction of sp³-hybridized carbons (Fsp3) is 0.350. The monoisotopic (exact) mass is 442 g/mol. The van der Waals surface area contributed by atoms with Gasteiger partial charge in [-0.05, 0) is 44.0 Å². The van der Waals surface area contributed by atoms with E-state index in [1.54, 1.807) is 6.07 Å². The van der Waals surface area contributed by atoms with E-state index in [1.807, 2.05) is 38.1 Å². The number of benzene rings is 2. The zero-order valence-corrected chi connectivity index (χ0v) is 18.6. The molecule has 2 aromatic rings. The van der Waals surface area contributed by atoms with Gasteiger partial charge >= 0.3 is 0 Å². The second-order valence-corrected chi connectivity index (χ2v) is 9.41. The number of nitrogens with one attached hydrogen (secondary N) is 1. The van der Waals surface area contributed by atoms with Crippen LogP contribution in [0.3, 0.4) is 0 Å². The molecule has 0 aliphatic carbocycles. The molecule has 152 valence electrons. The van der Waals surface area contributed by atoms with Gasteiger partial charge in [0.1, 0.15) is 6.04 Å². The predicted molar refractivity (Wildman–Crippen MR) is 116 cm³/mol. The van der Waals surface area contributed by atoms with Crippen molar-refractivity contribution in [3.8, 4) is 0 Å². The van der Waals surface area contributed by atoms with E-state index >= 15 is 0 Å². The van der Waals surface area contributed by atoms with E-state index in [9.17, 15) is 13.2 Å². The van der Waals surface area contributed by atoms with Crippen molar-refractivity contribution in [1.82, 2.24) is 5.32 Å². The number of aryl methyl sites for hydroxylation is 1. The first-order valence-electron chi connectivity index (χ1n) is 8.86. The van der Waals surface area contributed by atoms with Crippen LogP contribution in [-0.2, 0) is 14.8 Å².